The molecule has 0 amide bonds. The molecule has 0 aromatic heterocycles. The molecule has 1 saturated heterocycles. The van der Waals surface area contributed by atoms with Crippen molar-refractivity contribution in [3.8, 4) is 0 Å². The van der Waals surface area contributed by atoms with Gasteiger partial charge in [-0.05, 0) is 31.3 Å². The number of hydrazine groups is 1. The molecular weight excluding hydrogens is 232 g/mol. The Morgan fingerprint density at radius 3 is 2.29 bits per heavy atom. The number of piperazine rings is 1. The molecule has 0 saturated carbocycles. The highest BCUT2D eigenvalue weighted by Gasteiger charge is 2.18. The number of benzene rings is 1. The van der Waals surface area contributed by atoms with Crippen molar-refractivity contribution in [3.63, 3.8) is 0 Å². The van der Waals surface area contributed by atoms with Gasteiger partial charge >= 0.3 is 0 Å². The summed E-state index contributed by atoms with van der Waals surface area (Å²) in [4.78, 5) is 4.47. The van der Waals surface area contributed by atoms with Gasteiger partial charge in [0.1, 0.15) is 0 Å². The standard InChI is InChI=1S/C12H18N4S/c1-10-2-4-11(5-3-10)15-6-8-16(9-7-15)12(17)14-13/h2-5H,6-9,13H2,1H3,(H,14,17). The third-order valence-electron chi connectivity index (χ3n) is 3.09. The van der Waals surface area contributed by atoms with Crippen LogP contribution in [0.3, 0.4) is 0 Å². The third-order valence-corrected chi connectivity index (χ3v) is 3.47. The number of aryl methyl sites for hydroxylation is 1. The first-order chi connectivity index (χ1) is 8.20. The molecule has 0 atom stereocenters. The van der Waals surface area contributed by atoms with Gasteiger partial charge in [-0.3, -0.25) is 0 Å². The van der Waals surface area contributed by atoms with E-state index >= 15 is 0 Å². The molecule has 1 fully saturated rings. The number of hydrogen-bond acceptors (Lipinski definition) is 3. The molecule has 17 heavy (non-hydrogen) atoms. The van der Waals surface area contributed by atoms with Crippen LogP contribution in [-0.4, -0.2) is 36.2 Å². The van der Waals surface area contributed by atoms with Gasteiger partial charge in [-0.2, -0.15) is 0 Å². The van der Waals surface area contributed by atoms with Gasteiger partial charge in [0, 0.05) is 31.9 Å². The number of nitrogens with one attached hydrogen (secondary N) is 1. The van der Waals surface area contributed by atoms with Crippen LogP contribution in [-0.2, 0) is 0 Å². The predicted octanol–water partition coefficient (Wildman–Crippen LogP) is 0.865. The van der Waals surface area contributed by atoms with E-state index in [1.54, 1.807) is 0 Å². The van der Waals surface area contributed by atoms with Crippen LogP contribution in [0.15, 0.2) is 24.3 Å². The molecule has 3 N–H and O–H groups in total. The maximum Gasteiger partial charge on any atom is 0.183 e. The summed E-state index contributed by atoms with van der Waals surface area (Å²) in [7, 11) is 0. The molecule has 1 aliphatic heterocycles. The molecule has 0 spiro atoms. The Kier molecular flexibility index (Phi) is 3.81. The van der Waals surface area contributed by atoms with E-state index in [1.165, 1.54) is 11.3 Å². The summed E-state index contributed by atoms with van der Waals surface area (Å²) in [6.45, 7) is 5.89. The lowest BCUT2D eigenvalue weighted by molar-refractivity contribution is 0.381. The molecule has 4 nitrogen and oxygen atoms in total. The van der Waals surface area contributed by atoms with Crippen molar-refractivity contribution >= 4 is 23.0 Å². The van der Waals surface area contributed by atoms with Crippen LogP contribution in [0.25, 0.3) is 0 Å². The fourth-order valence-electron chi connectivity index (χ4n) is 2.01. The minimum atomic E-state index is 0.633. The topological polar surface area (TPSA) is 44.5 Å². The minimum absolute atomic E-state index is 0.633. The highest BCUT2D eigenvalue weighted by atomic mass is 32.1. The monoisotopic (exact) mass is 250 g/mol. The number of anilines is 1. The molecule has 92 valence electrons. The fraction of sp³-hybridized carbons (Fsp3) is 0.417. The van der Waals surface area contributed by atoms with Crippen molar-refractivity contribution in [2.24, 2.45) is 5.84 Å². The quantitative estimate of drug-likeness (QED) is 0.440. The summed E-state index contributed by atoms with van der Waals surface area (Å²) in [5, 5.41) is 0.633. The molecule has 2 rings (SSSR count). The van der Waals surface area contributed by atoms with Crippen molar-refractivity contribution in [1.29, 1.82) is 0 Å². The maximum absolute atomic E-state index is 5.32. The van der Waals surface area contributed by atoms with Gasteiger partial charge < -0.3 is 15.2 Å². The molecule has 5 heteroatoms. The van der Waals surface area contributed by atoms with Crippen molar-refractivity contribution in [2.75, 3.05) is 31.1 Å². The first kappa shape index (κ1) is 12.1. The Morgan fingerprint density at radius 1 is 1.18 bits per heavy atom. The molecule has 0 radical (unpaired) electrons. The lowest BCUT2D eigenvalue weighted by Crippen LogP contribution is -2.53. The Bertz CT molecular complexity index is 382. The average Bonchev–Trinajstić information content (AvgIpc) is 2.39. The SMILES string of the molecule is Cc1ccc(N2CCN(C(=S)NN)CC2)cc1. The smallest absolute Gasteiger partial charge is 0.183 e. The fourth-order valence-corrected chi connectivity index (χ4v) is 2.20. The minimum Gasteiger partial charge on any atom is -0.368 e. The Labute approximate surface area is 107 Å². The van der Waals surface area contributed by atoms with Gasteiger partial charge in [0.2, 0.25) is 0 Å². The lowest BCUT2D eigenvalue weighted by Gasteiger charge is -2.37. The van der Waals surface area contributed by atoms with Gasteiger partial charge in [0.05, 0.1) is 0 Å². The average molecular weight is 250 g/mol. The Morgan fingerprint density at radius 2 is 1.76 bits per heavy atom. The number of nitrogens with two attached hydrogens (primary N) is 1. The number of thiocarbonyl (C=S) groups is 1. The second-order valence-corrected chi connectivity index (χ2v) is 4.65. The zero-order chi connectivity index (χ0) is 12.3. The van der Waals surface area contributed by atoms with Crippen LogP contribution in [0.4, 0.5) is 5.69 Å². The van der Waals surface area contributed by atoms with Gasteiger partial charge in [-0.25, -0.2) is 5.84 Å². The van der Waals surface area contributed by atoms with E-state index in [2.05, 4.69) is 46.4 Å². The van der Waals surface area contributed by atoms with E-state index in [1.807, 2.05) is 0 Å². The van der Waals surface area contributed by atoms with Gasteiger partial charge in [0.25, 0.3) is 0 Å². The highest BCUT2D eigenvalue weighted by molar-refractivity contribution is 7.80. The van der Waals surface area contributed by atoms with Crippen LogP contribution in [0.5, 0.6) is 0 Å². The van der Waals surface area contributed by atoms with E-state index in [-0.39, 0.29) is 0 Å². The molecule has 1 aromatic carbocycles. The first-order valence-corrected chi connectivity index (χ1v) is 6.18. The second-order valence-electron chi connectivity index (χ2n) is 4.26. The van der Waals surface area contributed by atoms with Crippen LogP contribution < -0.4 is 16.2 Å². The van der Waals surface area contributed by atoms with E-state index in [0.717, 1.165) is 26.2 Å². The van der Waals surface area contributed by atoms with E-state index in [0.29, 0.717) is 5.11 Å². The summed E-state index contributed by atoms with van der Waals surface area (Å²) in [5.74, 6) is 5.32. The van der Waals surface area contributed by atoms with Crippen molar-refractivity contribution in [1.82, 2.24) is 10.3 Å². The third kappa shape index (κ3) is 2.87. The van der Waals surface area contributed by atoms with Crippen molar-refractivity contribution in [2.45, 2.75) is 6.92 Å². The van der Waals surface area contributed by atoms with Gasteiger partial charge in [-0.1, -0.05) is 17.7 Å². The maximum atomic E-state index is 5.32. The molecule has 0 bridgehead atoms. The second kappa shape index (κ2) is 5.33. The Balaban J connectivity index is 1.95. The number of hydrogen-bond donors (Lipinski definition) is 2. The van der Waals surface area contributed by atoms with Crippen LogP contribution in [0.2, 0.25) is 0 Å². The van der Waals surface area contributed by atoms with Crippen molar-refractivity contribution < 1.29 is 0 Å². The molecule has 1 aliphatic rings. The van der Waals surface area contributed by atoms with Gasteiger partial charge in [0.15, 0.2) is 5.11 Å². The summed E-state index contributed by atoms with van der Waals surface area (Å²) < 4.78 is 0. The molecular formula is C12H18N4S. The zero-order valence-corrected chi connectivity index (χ0v) is 10.8. The van der Waals surface area contributed by atoms with E-state index in [4.69, 9.17) is 18.1 Å². The summed E-state index contributed by atoms with van der Waals surface area (Å²) in [5.41, 5.74) is 5.11. The number of rotatable bonds is 1. The molecule has 0 aliphatic carbocycles. The predicted molar refractivity (Wildman–Crippen MR) is 74.9 cm³/mol. The number of nitrogens with zero attached hydrogens (tertiary/aromatic N) is 2. The lowest BCUT2D eigenvalue weighted by atomic mass is 10.2. The highest BCUT2D eigenvalue weighted by Crippen LogP contribution is 2.16. The van der Waals surface area contributed by atoms with E-state index in [9.17, 15) is 0 Å². The largest absolute Gasteiger partial charge is 0.368 e. The zero-order valence-electron chi connectivity index (χ0n) is 10.0. The summed E-state index contributed by atoms with van der Waals surface area (Å²) in [6, 6.07) is 8.64. The van der Waals surface area contributed by atoms with Gasteiger partial charge in [-0.15, -0.1) is 0 Å². The first-order valence-electron chi connectivity index (χ1n) is 5.78. The van der Waals surface area contributed by atoms with Crippen LogP contribution in [0, 0.1) is 6.92 Å². The Hall–Kier alpha value is -1.33. The van der Waals surface area contributed by atoms with Crippen LogP contribution >= 0.6 is 12.2 Å². The van der Waals surface area contributed by atoms with E-state index < -0.39 is 0 Å². The van der Waals surface area contributed by atoms with Crippen molar-refractivity contribution in [3.05, 3.63) is 29.8 Å². The molecule has 1 aromatic rings. The van der Waals surface area contributed by atoms with Crippen LogP contribution in [0.1, 0.15) is 5.56 Å². The molecule has 1 heterocycles. The summed E-state index contributed by atoms with van der Waals surface area (Å²) in [6.07, 6.45) is 0. The molecule has 0 unspecified atom stereocenters. The normalized spacial score (nSPS) is 15.9. The summed E-state index contributed by atoms with van der Waals surface area (Å²) >= 11 is 5.12.